The quantitative estimate of drug-likeness (QED) is 0.746. The minimum atomic E-state index is -0.982. The van der Waals surface area contributed by atoms with Gasteiger partial charge in [-0.15, -0.1) is 0 Å². The van der Waals surface area contributed by atoms with Crippen molar-refractivity contribution < 1.29 is 14.7 Å². The van der Waals surface area contributed by atoms with Crippen LogP contribution in [0.15, 0.2) is 12.3 Å². The van der Waals surface area contributed by atoms with E-state index in [1.165, 1.54) is 16.9 Å². The summed E-state index contributed by atoms with van der Waals surface area (Å²) in [4.78, 5) is 21.7. The van der Waals surface area contributed by atoms with E-state index in [1.807, 2.05) is 0 Å². The molecule has 0 aliphatic carbocycles. The summed E-state index contributed by atoms with van der Waals surface area (Å²) in [6.07, 6.45) is 1.44. The van der Waals surface area contributed by atoms with E-state index in [1.54, 1.807) is 13.8 Å². The predicted molar refractivity (Wildman–Crippen MR) is 52.3 cm³/mol. The van der Waals surface area contributed by atoms with E-state index in [0.29, 0.717) is 0 Å². The predicted octanol–water partition coefficient (Wildman–Crippen LogP) is 0.264. The first kappa shape index (κ1) is 11.2. The zero-order chi connectivity index (χ0) is 11.6. The molecule has 0 bridgehead atoms. The summed E-state index contributed by atoms with van der Waals surface area (Å²) in [6, 6.07) is 0.624. The molecule has 1 aromatic heterocycles. The highest BCUT2D eigenvalue weighted by atomic mass is 16.4. The molecule has 0 radical (unpaired) electrons. The summed E-state index contributed by atoms with van der Waals surface area (Å²) in [7, 11) is 0. The molecule has 1 rings (SSSR count). The lowest BCUT2D eigenvalue weighted by Gasteiger charge is -2.16. The van der Waals surface area contributed by atoms with Crippen LogP contribution in [0, 0.1) is 5.92 Å². The lowest BCUT2D eigenvalue weighted by molar-refractivity contribution is -0.142. The number of amides is 1. The summed E-state index contributed by atoms with van der Waals surface area (Å²) >= 11 is 0. The number of carboxylic acids is 1. The van der Waals surface area contributed by atoms with Crippen LogP contribution >= 0.6 is 0 Å². The van der Waals surface area contributed by atoms with E-state index in [-0.39, 0.29) is 11.6 Å². The molecule has 1 amide bonds. The molecule has 0 spiro atoms. The Kier molecular flexibility index (Phi) is 3.08. The van der Waals surface area contributed by atoms with E-state index in [4.69, 9.17) is 10.8 Å². The number of primary amides is 1. The molecule has 15 heavy (non-hydrogen) atoms. The van der Waals surface area contributed by atoms with Gasteiger partial charge in [0, 0.05) is 6.20 Å². The van der Waals surface area contributed by atoms with Gasteiger partial charge in [-0.25, -0.2) is 4.79 Å². The maximum absolute atomic E-state index is 10.9. The van der Waals surface area contributed by atoms with Crippen molar-refractivity contribution in [1.82, 2.24) is 9.78 Å². The SMILES string of the molecule is CC(C)C(C(=O)O)n1ccc(C(N)=O)n1. The van der Waals surface area contributed by atoms with Crippen LogP contribution in [0.1, 0.15) is 30.4 Å². The number of aliphatic carboxylic acids is 1. The highest BCUT2D eigenvalue weighted by Crippen LogP contribution is 2.17. The van der Waals surface area contributed by atoms with Gasteiger partial charge in [-0.05, 0) is 12.0 Å². The Bertz CT molecular complexity index is 384. The van der Waals surface area contributed by atoms with E-state index in [2.05, 4.69) is 5.10 Å². The number of hydrogen-bond acceptors (Lipinski definition) is 3. The van der Waals surface area contributed by atoms with Crippen molar-refractivity contribution in [3.63, 3.8) is 0 Å². The van der Waals surface area contributed by atoms with Crippen LogP contribution in [-0.2, 0) is 4.79 Å². The second-order valence-electron chi connectivity index (χ2n) is 3.57. The third kappa shape index (κ3) is 2.34. The minimum absolute atomic E-state index is 0.0712. The fourth-order valence-electron chi connectivity index (χ4n) is 1.33. The zero-order valence-electron chi connectivity index (χ0n) is 8.54. The smallest absolute Gasteiger partial charge is 0.328 e. The number of nitrogens with zero attached hydrogens (tertiary/aromatic N) is 2. The van der Waals surface area contributed by atoms with Crippen LogP contribution in [0.25, 0.3) is 0 Å². The summed E-state index contributed by atoms with van der Waals surface area (Å²) in [5, 5.41) is 12.8. The first-order valence-corrected chi connectivity index (χ1v) is 4.51. The van der Waals surface area contributed by atoms with E-state index >= 15 is 0 Å². The first-order valence-electron chi connectivity index (χ1n) is 4.51. The van der Waals surface area contributed by atoms with Gasteiger partial charge in [0.25, 0.3) is 5.91 Å². The second kappa shape index (κ2) is 4.12. The van der Waals surface area contributed by atoms with Crippen molar-refractivity contribution in [2.24, 2.45) is 11.7 Å². The number of carbonyl (C=O) groups excluding carboxylic acids is 1. The van der Waals surface area contributed by atoms with Crippen LogP contribution in [0.4, 0.5) is 0 Å². The zero-order valence-corrected chi connectivity index (χ0v) is 8.54. The van der Waals surface area contributed by atoms with Gasteiger partial charge in [-0.2, -0.15) is 5.10 Å². The molecule has 82 valence electrons. The Morgan fingerprint density at radius 1 is 1.53 bits per heavy atom. The summed E-state index contributed by atoms with van der Waals surface area (Å²) < 4.78 is 1.24. The molecular formula is C9H13N3O3. The maximum Gasteiger partial charge on any atom is 0.328 e. The van der Waals surface area contributed by atoms with E-state index < -0.39 is 17.9 Å². The highest BCUT2D eigenvalue weighted by Gasteiger charge is 2.24. The topological polar surface area (TPSA) is 98.2 Å². The Labute approximate surface area is 86.7 Å². The van der Waals surface area contributed by atoms with Gasteiger partial charge in [0.2, 0.25) is 0 Å². The monoisotopic (exact) mass is 211 g/mol. The molecule has 0 saturated carbocycles. The highest BCUT2D eigenvalue weighted by molar-refractivity contribution is 5.90. The average molecular weight is 211 g/mol. The number of carboxylic acid groups (broad SMARTS) is 1. The molecule has 0 aliphatic heterocycles. The number of hydrogen-bond donors (Lipinski definition) is 2. The molecular weight excluding hydrogens is 198 g/mol. The molecule has 1 heterocycles. The third-order valence-corrected chi connectivity index (χ3v) is 2.03. The summed E-state index contributed by atoms with van der Waals surface area (Å²) in [6.45, 7) is 3.54. The van der Waals surface area contributed by atoms with Gasteiger partial charge in [-0.1, -0.05) is 13.8 Å². The van der Waals surface area contributed by atoms with Crippen molar-refractivity contribution in [2.45, 2.75) is 19.9 Å². The van der Waals surface area contributed by atoms with Crippen molar-refractivity contribution in [2.75, 3.05) is 0 Å². The molecule has 1 aromatic rings. The molecule has 1 unspecified atom stereocenters. The van der Waals surface area contributed by atoms with Gasteiger partial charge in [0.1, 0.15) is 5.69 Å². The van der Waals surface area contributed by atoms with Crippen LogP contribution in [0.3, 0.4) is 0 Å². The maximum atomic E-state index is 10.9. The summed E-state index contributed by atoms with van der Waals surface area (Å²) in [5.41, 5.74) is 5.09. The molecule has 6 heteroatoms. The van der Waals surface area contributed by atoms with Crippen molar-refractivity contribution in [3.05, 3.63) is 18.0 Å². The largest absolute Gasteiger partial charge is 0.480 e. The Balaban J connectivity index is 3.02. The summed E-state index contributed by atoms with van der Waals surface area (Å²) in [5.74, 6) is -1.77. The lowest BCUT2D eigenvalue weighted by Crippen LogP contribution is -2.25. The Morgan fingerprint density at radius 2 is 2.13 bits per heavy atom. The number of rotatable bonds is 4. The molecule has 3 N–H and O–H groups in total. The molecule has 0 fully saturated rings. The van der Waals surface area contributed by atoms with E-state index in [9.17, 15) is 9.59 Å². The van der Waals surface area contributed by atoms with Gasteiger partial charge in [0.05, 0.1) is 0 Å². The lowest BCUT2D eigenvalue weighted by atomic mass is 10.1. The minimum Gasteiger partial charge on any atom is -0.480 e. The van der Waals surface area contributed by atoms with Crippen LogP contribution < -0.4 is 5.73 Å². The van der Waals surface area contributed by atoms with Gasteiger partial charge < -0.3 is 10.8 Å². The van der Waals surface area contributed by atoms with Gasteiger partial charge >= 0.3 is 5.97 Å². The molecule has 0 saturated heterocycles. The fraction of sp³-hybridized carbons (Fsp3) is 0.444. The number of aromatic nitrogens is 2. The van der Waals surface area contributed by atoms with Crippen molar-refractivity contribution in [1.29, 1.82) is 0 Å². The Hall–Kier alpha value is -1.85. The van der Waals surface area contributed by atoms with Crippen LogP contribution in [-0.4, -0.2) is 26.8 Å². The molecule has 6 nitrogen and oxygen atoms in total. The number of carbonyl (C=O) groups is 2. The van der Waals surface area contributed by atoms with Gasteiger partial charge in [-0.3, -0.25) is 9.48 Å². The first-order chi connectivity index (χ1) is 6.93. The molecule has 0 aliphatic rings. The van der Waals surface area contributed by atoms with Crippen molar-refractivity contribution in [3.8, 4) is 0 Å². The van der Waals surface area contributed by atoms with E-state index in [0.717, 1.165) is 0 Å². The Morgan fingerprint density at radius 3 is 2.47 bits per heavy atom. The standard InChI is InChI=1S/C9H13N3O3/c1-5(2)7(9(14)15)12-4-3-6(11-12)8(10)13/h3-5,7H,1-2H3,(H2,10,13)(H,14,15). The number of nitrogens with two attached hydrogens (primary N) is 1. The van der Waals surface area contributed by atoms with Crippen LogP contribution in [0.2, 0.25) is 0 Å². The average Bonchev–Trinajstić information content (AvgIpc) is 2.51. The second-order valence-corrected chi connectivity index (χ2v) is 3.57. The molecule has 1 atom stereocenters. The van der Waals surface area contributed by atoms with Crippen LogP contribution in [0.5, 0.6) is 0 Å². The van der Waals surface area contributed by atoms with Gasteiger partial charge in [0.15, 0.2) is 6.04 Å². The van der Waals surface area contributed by atoms with Crippen molar-refractivity contribution >= 4 is 11.9 Å². The molecule has 0 aromatic carbocycles. The third-order valence-electron chi connectivity index (χ3n) is 2.03. The fourth-order valence-corrected chi connectivity index (χ4v) is 1.33. The normalized spacial score (nSPS) is 12.7.